The molecule has 0 heterocycles. The molecule has 0 aliphatic heterocycles. The van der Waals surface area contributed by atoms with Crippen LogP contribution in [0.3, 0.4) is 0 Å². The van der Waals surface area contributed by atoms with Crippen LogP contribution in [0.1, 0.15) is 28.8 Å². The summed E-state index contributed by atoms with van der Waals surface area (Å²) in [5.41, 5.74) is 1.75. The Hall–Kier alpha value is -2.00. The summed E-state index contributed by atoms with van der Waals surface area (Å²) in [7, 11) is 1.65. The van der Waals surface area contributed by atoms with Crippen molar-refractivity contribution in [2.45, 2.75) is 25.4 Å². The van der Waals surface area contributed by atoms with Crippen molar-refractivity contribution in [3.8, 4) is 5.75 Å². The van der Waals surface area contributed by atoms with E-state index in [0.717, 1.165) is 24.2 Å². The van der Waals surface area contributed by atoms with Crippen LogP contribution in [0.15, 0.2) is 48.5 Å². The lowest BCUT2D eigenvalue weighted by Gasteiger charge is -2.23. The van der Waals surface area contributed by atoms with Gasteiger partial charge in [-0.1, -0.05) is 29.8 Å². The van der Waals surface area contributed by atoms with Gasteiger partial charge in [0.25, 0.3) is 5.91 Å². The lowest BCUT2D eigenvalue weighted by molar-refractivity contribution is 0.0730. The number of halogens is 1. The number of methoxy groups -OCH3 is 1. The maximum absolute atomic E-state index is 12.7. The molecule has 1 fully saturated rings. The van der Waals surface area contributed by atoms with Gasteiger partial charge in [0.15, 0.2) is 0 Å². The first-order valence-corrected chi connectivity index (χ1v) is 7.74. The molecular formula is C18H18ClNO2. The van der Waals surface area contributed by atoms with Gasteiger partial charge >= 0.3 is 0 Å². The lowest BCUT2D eigenvalue weighted by atomic mass is 10.1. The molecule has 114 valence electrons. The summed E-state index contributed by atoms with van der Waals surface area (Å²) >= 11 is 6.00. The number of hydrogen-bond donors (Lipinski definition) is 0. The van der Waals surface area contributed by atoms with Crippen LogP contribution in [-0.4, -0.2) is 24.0 Å². The number of carbonyl (C=O) groups is 1. The van der Waals surface area contributed by atoms with E-state index in [1.807, 2.05) is 41.3 Å². The molecule has 0 aromatic heterocycles. The fourth-order valence-electron chi connectivity index (χ4n) is 2.47. The standard InChI is InChI=1S/C18H18ClNO2/c1-22-17-9-5-13(6-10-17)12-20(16-7-8-16)18(21)14-3-2-4-15(19)11-14/h2-6,9-11,16H,7-8,12H2,1H3. The summed E-state index contributed by atoms with van der Waals surface area (Å²) < 4.78 is 5.17. The van der Waals surface area contributed by atoms with Crippen molar-refractivity contribution in [3.63, 3.8) is 0 Å². The summed E-state index contributed by atoms with van der Waals surface area (Å²) in [4.78, 5) is 14.7. The Morgan fingerprint density at radius 1 is 1.23 bits per heavy atom. The average molecular weight is 316 g/mol. The van der Waals surface area contributed by atoms with Gasteiger partial charge in [0.2, 0.25) is 0 Å². The zero-order valence-corrected chi connectivity index (χ0v) is 13.2. The molecule has 2 aromatic carbocycles. The molecule has 3 rings (SSSR count). The number of rotatable bonds is 5. The summed E-state index contributed by atoms with van der Waals surface area (Å²) in [5.74, 6) is 0.865. The Morgan fingerprint density at radius 2 is 1.95 bits per heavy atom. The SMILES string of the molecule is COc1ccc(CN(C(=O)c2cccc(Cl)c2)C2CC2)cc1. The van der Waals surface area contributed by atoms with Crippen LogP contribution < -0.4 is 4.74 Å². The molecule has 22 heavy (non-hydrogen) atoms. The molecule has 1 aliphatic rings. The Labute approximate surface area is 135 Å². The molecule has 0 N–H and O–H groups in total. The van der Waals surface area contributed by atoms with Crippen LogP contribution in [0.25, 0.3) is 0 Å². The molecule has 0 unspecified atom stereocenters. The van der Waals surface area contributed by atoms with E-state index in [0.29, 0.717) is 23.2 Å². The van der Waals surface area contributed by atoms with Crippen molar-refractivity contribution in [1.29, 1.82) is 0 Å². The minimum Gasteiger partial charge on any atom is -0.497 e. The van der Waals surface area contributed by atoms with Crippen LogP contribution >= 0.6 is 11.6 Å². The molecule has 3 nitrogen and oxygen atoms in total. The van der Waals surface area contributed by atoms with Crippen molar-refractivity contribution in [2.75, 3.05) is 7.11 Å². The number of benzene rings is 2. The Bertz CT molecular complexity index is 665. The van der Waals surface area contributed by atoms with Gasteiger partial charge < -0.3 is 9.64 Å². The molecule has 1 aliphatic carbocycles. The molecule has 0 saturated heterocycles. The molecule has 1 saturated carbocycles. The Morgan fingerprint density at radius 3 is 2.55 bits per heavy atom. The minimum atomic E-state index is 0.0424. The smallest absolute Gasteiger partial charge is 0.254 e. The highest BCUT2D eigenvalue weighted by Crippen LogP contribution is 2.30. The summed E-state index contributed by atoms with van der Waals surface area (Å²) in [5, 5.41) is 0.589. The Kier molecular flexibility index (Phi) is 4.34. The van der Waals surface area contributed by atoms with Gasteiger partial charge in [-0.05, 0) is 48.7 Å². The molecule has 0 atom stereocenters. The van der Waals surface area contributed by atoms with Gasteiger partial charge in [-0.2, -0.15) is 0 Å². The van der Waals surface area contributed by atoms with Gasteiger partial charge in [-0.3, -0.25) is 4.79 Å². The van der Waals surface area contributed by atoms with Gasteiger partial charge in [-0.15, -0.1) is 0 Å². The fourth-order valence-corrected chi connectivity index (χ4v) is 2.66. The largest absolute Gasteiger partial charge is 0.497 e. The monoisotopic (exact) mass is 315 g/mol. The quantitative estimate of drug-likeness (QED) is 0.829. The molecular weight excluding hydrogens is 298 g/mol. The first-order chi connectivity index (χ1) is 10.7. The predicted octanol–water partition coefficient (Wildman–Crippen LogP) is 4.15. The third-order valence-electron chi connectivity index (χ3n) is 3.83. The van der Waals surface area contributed by atoms with Crippen molar-refractivity contribution < 1.29 is 9.53 Å². The van der Waals surface area contributed by atoms with E-state index in [2.05, 4.69) is 0 Å². The molecule has 2 aromatic rings. The van der Waals surface area contributed by atoms with E-state index in [4.69, 9.17) is 16.3 Å². The second-order valence-electron chi connectivity index (χ2n) is 5.52. The van der Waals surface area contributed by atoms with E-state index >= 15 is 0 Å². The number of ether oxygens (including phenoxy) is 1. The summed E-state index contributed by atoms with van der Waals surface area (Å²) in [6.45, 7) is 0.611. The first-order valence-electron chi connectivity index (χ1n) is 7.37. The highest BCUT2D eigenvalue weighted by atomic mass is 35.5. The summed E-state index contributed by atoms with van der Waals surface area (Å²) in [6, 6.07) is 15.3. The number of nitrogens with zero attached hydrogens (tertiary/aromatic N) is 1. The molecule has 0 spiro atoms. The van der Waals surface area contributed by atoms with Crippen LogP contribution in [0.4, 0.5) is 0 Å². The number of hydrogen-bond acceptors (Lipinski definition) is 2. The Balaban J connectivity index is 1.79. The number of carbonyl (C=O) groups excluding carboxylic acids is 1. The van der Waals surface area contributed by atoms with Crippen LogP contribution in [0.2, 0.25) is 5.02 Å². The second kappa shape index (κ2) is 6.41. The van der Waals surface area contributed by atoms with E-state index in [-0.39, 0.29) is 5.91 Å². The van der Waals surface area contributed by atoms with Crippen molar-refractivity contribution in [3.05, 3.63) is 64.7 Å². The highest BCUT2D eigenvalue weighted by Gasteiger charge is 2.33. The van der Waals surface area contributed by atoms with Crippen LogP contribution in [0.5, 0.6) is 5.75 Å². The third-order valence-corrected chi connectivity index (χ3v) is 4.07. The van der Waals surface area contributed by atoms with Crippen molar-refractivity contribution >= 4 is 17.5 Å². The van der Waals surface area contributed by atoms with E-state index in [1.165, 1.54) is 0 Å². The fraction of sp³-hybridized carbons (Fsp3) is 0.278. The summed E-state index contributed by atoms with van der Waals surface area (Å²) in [6.07, 6.45) is 2.14. The van der Waals surface area contributed by atoms with Crippen LogP contribution in [0, 0.1) is 0 Å². The van der Waals surface area contributed by atoms with Gasteiger partial charge in [-0.25, -0.2) is 0 Å². The number of amides is 1. The predicted molar refractivity (Wildman–Crippen MR) is 87.3 cm³/mol. The maximum atomic E-state index is 12.7. The van der Waals surface area contributed by atoms with Crippen LogP contribution in [-0.2, 0) is 6.54 Å². The maximum Gasteiger partial charge on any atom is 0.254 e. The first kappa shape index (κ1) is 14.9. The molecule has 0 radical (unpaired) electrons. The van der Waals surface area contributed by atoms with E-state index in [9.17, 15) is 4.79 Å². The van der Waals surface area contributed by atoms with Gasteiger partial charge in [0, 0.05) is 23.2 Å². The molecule has 4 heteroatoms. The average Bonchev–Trinajstić information content (AvgIpc) is 3.37. The zero-order chi connectivity index (χ0) is 15.5. The zero-order valence-electron chi connectivity index (χ0n) is 12.5. The topological polar surface area (TPSA) is 29.5 Å². The highest BCUT2D eigenvalue weighted by molar-refractivity contribution is 6.30. The van der Waals surface area contributed by atoms with E-state index < -0.39 is 0 Å². The van der Waals surface area contributed by atoms with E-state index in [1.54, 1.807) is 19.2 Å². The second-order valence-corrected chi connectivity index (χ2v) is 5.96. The molecule has 1 amide bonds. The minimum absolute atomic E-state index is 0.0424. The normalized spacial score (nSPS) is 13.7. The van der Waals surface area contributed by atoms with Gasteiger partial charge in [0.05, 0.1) is 7.11 Å². The van der Waals surface area contributed by atoms with Crippen molar-refractivity contribution in [2.24, 2.45) is 0 Å². The third kappa shape index (κ3) is 3.42. The lowest BCUT2D eigenvalue weighted by Crippen LogP contribution is -2.32. The van der Waals surface area contributed by atoms with Crippen molar-refractivity contribution in [1.82, 2.24) is 4.90 Å². The molecule has 0 bridgehead atoms. The van der Waals surface area contributed by atoms with Gasteiger partial charge in [0.1, 0.15) is 5.75 Å².